The van der Waals surface area contributed by atoms with Crippen LogP contribution in [0.3, 0.4) is 0 Å². The number of carbonyl (C=O) groups is 1. The maximum Gasteiger partial charge on any atom is 0.340 e. The average Bonchev–Trinajstić information content (AvgIpc) is 2.38. The van der Waals surface area contributed by atoms with Gasteiger partial charge in [-0.05, 0) is 39.8 Å². The zero-order valence-electron chi connectivity index (χ0n) is 13.1. The standard InChI is InChI=1S/C16H23NO2S2/c1-6-10-20-21-16(4,5)12-15(2,3)19-14(18)13-8-7-9-17-11-13/h6-9,11H,1,10,12H2,2-5H3. The molecular weight excluding hydrogens is 302 g/mol. The van der Waals surface area contributed by atoms with Gasteiger partial charge in [-0.2, -0.15) is 0 Å². The fraction of sp³-hybridized carbons (Fsp3) is 0.500. The van der Waals surface area contributed by atoms with Crippen LogP contribution in [0.1, 0.15) is 44.5 Å². The summed E-state index contributed by atoms with van der Waals surface area (Å²) in [4.78, 5) is 16.1. The van der Waals surface area contributed by atoms with Crippen molar-refractivity contribution in [3.05, 3.63) is 42.7 Å². The Morgan fingerprint density at radius 3 is 2.71 bits per heavy atom. The van der Waals surface area contributed by atoms with Crippen molar-refractivity contribution in [2.75, 3.05) is 5.75 Å². The molecule has 0 aliphatic heterocycles. The molecule has 3 nitrogen and oxygen atoms in total. The summed E-state index contributed by atoms with van der Waals surface area (Å²) in [5.41, 5.74) is -0.0462. The first-order chi connectivity index (χ1) is 9.76. The Morgan fingerprint density at radius 2 is 2.14 bits per heavy atom. The number of rotatable bonds is 8. The third-order valence-electron chi connectivity index (χ3n) is 2.59. The van der Waals surface area contributed by atoms with Crippen molar-refractivity contribution in [1.29, 1.82) is 0 Å². The van der Waals surface area contributed by atoms with Crippen molar-refractivity contribution in [3.63, 3.8) is 0 Å². The topological polar surface area (TPSA) is 39.2 Å². The van der Waals surface area contributed by atoms with Crippen LogP contribution in [0.5, 0.6) is 0 Å². The molecule has 0 saturated heterocycles. The van der Waals surface area contributed by atoms with E-state index in [4.69, 9.17) is 4.74 Å². The highest BCUT2D eigenvalue weighted by atomic mass is 33.1. The molecule has 0 N–H and O–H groups in total. The molecule has 0 aliphatic rings. The van der Waals surface area contributed by atoms with Crippen LogP contribution < -0.4 is 0 Å². The van der Waals surface area contributed by atoms with Crippen molar-refractivity contribution in [2.24, 2.45) is 0 Å². The predicted molar refractivity (Wildman–Crippen MR) is 92.7 cm³/mol. The Balaban J connectivity index is 2.60. The van der Waals surface area contributed by atoms with Crippen LogP contribution in [-0.4, -0.2) is 27.1 Å². The molecule has 0 fully saturated rings. The Bertz CT molecular complexity index is 472. The SMILES string of the molecule is C=CCSSC(C)(C)CC(C)(C)OC(=O)c1cccnc1. The van der Waals surface area contributed by atoms with Crippen LogP contribution in [0.4, 0.5) is 0 Å². The molecule has 21 heavy (non-hydrogen) atoms. The van der Waals surface area contributed by atoms with Gasteiger partial charge in [-0.3, -0.25) is 4.98 Å². The lowest BCUT2D eigenvalue weighted by molar-refractivity contribution is -0.00739. The molecule has 0 saturated carbocycles. The number of esters is 1. The Labute approximate surface area is 135 Å². The highest BCUT2D eigenvalue weighted by molar-refractivity contribution is 8.77. The highest BCUT2D eigenvalue weighted by Gasteiger charge is 2.32. The summed E-state index contributed by atoms with van der Waals surface area (Å²) >= 11 is 0. The number of nitrogens with zero attached hydrogens (tertiary/aromatic N) is 1. The fourth-order valence-electron chi connectivity index (χ4n) is 2.13. The van der Waals surface area contributed by atoms with E-state index in [-0.39, 0.29) is 10.7 Å². The summed E-state index contributed by atoms with van der Waals surface area (Å²) in [6, 6.07) is 3.44. The maximum absolute atomic E-state index is 12.1. The summed E-state index contributed by atoms with van der Waals surface area (Å²) in [7, 11) is 3.56. The molecule has 0 unspecified atom stereocenters. The number of pyridine rings is 1. The summed E-state index contributed by atoms with van der Waals surface area (Å²) in [6.45, 7) is 11.9. The lowest BCUT2D eigenvalue weighted by Crippen LogP contribution is -2.35. The van der Waals surface area contributed by atoms with Crippen LogP contribution in [0.2, 0.25) is 0 Å². The van der Waals surface area contributed by atoms with Gasteiger partial charge in [0.05, 0.1) is 5.56 Å². The molecule has 0 aliphatic carbocycles. The largest absolute Gasteiger partial charge is 0.456 e. The van der Waals surface area contributed by atoms with Gasteiger partial charge in [0.2, 0.25) is 0 Å². The Morgan fingerprint density at radius 1 is 1.43 bits per heavy atom. The summed E-state index contributed by atoms with van der Waals surface area (Å²) < 4.78 is 5.65. The molecule has 5 heteroatoms. The molecular formula is C16H23NO2S2. The zero-order chi connectivity index (χ0) is 15.9. The minimum atomic E-state index is -0.530. The number of carbonyl (C=O) groups excluding carboxylic acids is 1. The van der Waals surface area contributed by atoms with Crippen molar-refractivity contribution >= 4 is 27.6 Å². The van der Waals surface area contributed by atoms with E-state index in [1.54, 1.807) is 39.9 Å². The van der Waals surface area contributed by atoms with Gasteiger partial charge in [0.25, 0.3) is 0 Å². The van der Waals surface area contributed by atoms with Gasteiger partial charge in [-0.1, -0.05) is 27.7 Å². The van der Waals surface area contributed by atoms with Crippen molar-refractivity contribution < 1.29 is 9.53 Å². The molecule has 0 aromatic carbocycles. The molecule has 0 atom stereocenters. The molecule has 1 rings (SSSR count). The molecule has 1 aromatic rings. The minimum absolute atomic E-state index is 0.00634. The normalized spacial score (nSPS) is 12.0. The first kappa shape index (κ1) is 18.1. The van der Waals surface area contributed by atoms with E-state index in [0.29, 0.717) is 5.56 Å². The van der Waals surface area contributed by atoms with E-state index >= 15 is 0 Å². The van der Waals surface area contributed by atoms with Crippen LogP contribution in [0.15, 0.2) is 37.2 Å². The summed E-state index contributed by atoms with van der Waals surface area (Å²) in [5, 5.41) is 0. The van der Waals surface area contributed by atoms with Gasteiger partial charge >= 0.3 is 5.97 Å². The second kappa shape index (κ2) is 7.90. The summed E-state index contributed by atoms with van der Waals surface area (Å²) in [6.07, 6.45) is 5.82. The number of ether oxygens (including phenoxy) is 1. The second-order valence-electron chi connectivity index (χ2n) is 5.98. The number of aromatic nitrogens is 1. The summed E-state index contributed by atoms with van der Waals surface area (Å²) in [5.74, 6) is 0.580. The third kappa shape index (κ3) is 7.05. The molecule has 0 bridgehead atoms. The van der Waals surface area contributed by atoms with Gasteiger partial charge in [0.15, 0.2) is 0 Å². The van der Waals surface area contributed by atoms with E-state index in [9.17, 15) is 4.79 Å². The lowest BCUT2D eigenvalue weighted by Gasteiger charge is -2.33. The molecule has 0 spiro atoms. The zero-order valence-corrected chi connectivity index (χ0v) is 14.7. The smallest absolute Gasteiger partial charge is 0.340 e. The molecule has 1 aromatic heterocycles. The van der Waals surface area contributed by atoms with Crippen LogP contribution >= 0.6 is 21.6 Å². The predicted octanol–water partition coefficient (Wildman–Crippen LogP) is 4.75. The maximum atomic E-state index is 12.1. The van der Waals surface area contributed by atoms with Gasteiger partial charge in [-0.25, -0.2) is 4.79 Å². The molecule has 1 heterocycles. The Hall–Kier alpha value is -0.940. The average molecular weight is 325 g/mol. The molecule has 0 radical (unpaired) electrons. The Kier molecular flexibility index (Phi) is 6.81. The van der Waals surface area contributed by atoms with E-state index in [1.165, 1.54) is 6.20 Å². The van der Waals surface area contributed by atoms with E-state index < -0.39 is 5.60 Å². The van der Waals surface area contributed by atoms with Crippen LogP contribution in [0, 0.1) is 0 Å². The van der Waals surface area contributed by atoms with Gasteiger partial charge in [0, 0.05) is 29.3 Å². The first-order valence-corrected chi connectivity index (χ1v) is 9.12. The van der Waals surface area contributed by atoms with Crippen molar-refractivity contribution in [2.45, 2.75) is 44.5 Å². The second-order valence-corrected chi connectivity index (χ2v) is 9.03. The molecule has 116 valence electrons. The van der Waals surface area contributed by atoms with Crippen LogP contribution in [-0.2, 0) is 4.74 Å². The van der Waals surface area contributed by atoms with Gasteiger partial charge in [-0.15, -0.1) is 6.58 Å². The van der Waals surface area contributed by atoms with Gasteiger partial charge < -0.3 is 4.74 Å². The monoisotopic (exact) mass is 325 g/mol. The number of hydrogen-bond donors (Lipinski definition) is 0. The highest BCUT2D eigenvalue weighted by Crippen LogP contribution is 2.41. The van der Waals surface area contributed by atoms with Crippen molar-refractivity contribution in [3.8, 4) is 0 Å². The van der Waals surface area contributed by atoms with E-state index in [0.717, 1.165) is 12.2 Å². The minimum Gasteiger partial charge on any atom is -0.456 e. The van der Waals surface area contributed by atoms with Gasteiger partial charge in [0.1, 0.15) is 5.60 Å². The number of hydrogen-bond acceptors (Lipinski definition) is 5. The quantitative estimate of drug-likeness (QED) is 0.298. The molecule has 0 amide bonds. The first-order valence-electron chi connectivity index (χ1n) is 6.81. The van der Waals surface area contributed by atoms with E-state index in [2.05, 4.69) is 25.4 Å². The van der Waals surface area contributed by atoms with Crippen molar-refractivity contribution in [1.82, 2.24) is 4.98 Å². The van der Waals surface area contributed by atoms with E-state index in [1.807, 2.05) is 19.9 Å². The third-order valence-corrected chi connectivity index (χ3v) is 5.79. The fourth-order valence-corrected chi connectivity index (χ4v) is 4.64. The lowest BCUT2D eigenvalue weighted by atomic mass is 9.95. The van der Waals surface area contributed by atoms with Crippen LogP contribution in [0.25, 0.3) is 0 Å².